The molecule has 0 aromatic heterocycles. The number of aliphatic carboxylic acids is 1. The van der Waals surface area contributed by atoms with Crippen LogP contribution in [0.25, 0.3) is 0 Å². The van der Waals surface area contributed by atoms with Crippen molar-refractivity contribution in [3.05, 3.63) is 12.2 Å². The van der Waals surface area contributed by atoms with Crippen molar-refractivity contribution in [2.24, 2.45) is 35.3 Å². The van der Waals surface area contributed by atoms with E-state index in [0.29, 0.717) is 0 Å². The maximum Gasteiger partial charge on any atom is 0.328 e. The minimum atomic E-state index is -1.92. The molecule has 1 rings (SSSR count). The number of allylic oxidation sites excluding steroid dienone is 1. The van der Waals surface area contributed by atoms with E-state index in [0.717, 1.165) is 32.1 Å². The summed E-state index contributed by atoms with van der Waals surface area (Å²) >= 11 is 0. The highest BCUT2D eigenvalue weighted by molar-refractivity contribution is 5.99. The Morgan fingerprint density at radius 2 is 1.08 bits per heavy atom. The Balaban J connectivity index is 3.91. The minimum Gasteiger partial charge on any atom is -0.481 e. The molecule has 1 aliphatic heterocycles. The smallest absolute Gasteiger partial charge is 0.328 e. The van der Waals surface area contributed by atoms with Gasteiger partial charge in [0, 0.05) is 6.42 Å². The molecule has 0 aromatic carbocycles. The van der Waals surface area contributed by atoms with E-state index < -0.39 is 132 Å². The number of aliphatic hydroxyl groups excluding tert-OH is 1. The SMILES string of the molecule is CCCCCC/C=C/CC(O)CC(=O)NC(CC(C)C)C(=O)NC(CC(=O)O)C(=O)NC1C(=O)NC(CC(C)C)C(=O)NC(CC(C)C)C(=O)NC(CCC(N)=O)C(=O)NC(CC(C)C)C(=O)NC(CC(C)C)C(=O)OC1C. The van der Waals surface area contributed by atoms with Crippen LogP contribution in [0.5, 0.6) is 0 Å². The Morgan fingerprint density at radius 3 is 1.55 bits per heavy atom. The fourth-order valence-corrected chi connectivity index (χ4v) is 8.65. The summed E-state index contributed by atoms with van der Waals surface area (Å²) in [5.41, 5.74) is 5.44. The van der Waals surface area contributed by atoms with Gasteiger partial charge in [0.1, 0.15) is 54.4 Å². The van der Waals surface area contributed by atoms with Gasteiger partial charge in [-0.15, -0.1) is 0 Å². The van der Waals surface area contributed by atoms with Crippen molar-refractivity contribution in [1.29, 1.82) is 0 Å². The number of nitrogens with one attached hydrogen (secondary N) is 8. The van der Waals surface area contributed by atoms with Gasteiger partial charge in [-0.2, -0.15) is 0 Å². The summed E-state index contributed by atoms with van der Waals surface area (Å²) in [5, 5.41) is 41.2. The topological polar surface area (TPSA) is 360 Å². The lowest BCUT2D eigenvalue weighted by atomic mass is 9.98. The highest BCUT2D eigenvalue weighted by Gasteiger charge is 2.40. The second-order valence-electron chi connectivity index (χ2n) is 22.8. The first-order valence-electron chi connectivity index (χ1n) is 27.9. The summed E-state index contributed by atoms with van der Waals surface area (Å²) in [5.74, 6) is -11.9. The fraction of sp³-hybridized carbons (Fsp3) is 0.764. The van der Waals surface area contributed by atoms with E-state index in [4.69, 9.17) is 10.5 Å². The van der Waals surface area contributed by atoms with Gasteiger partial charge in [0.25, 0.3) is 0 Å². The van der Waals surface area contributed by atoms with Gasteiger partial charge in [0.05, 0.1) is 18.9 Å². The number of aliphatic hydroxyl groups is 1. The first-order chi connectivity index (χ1) is 36.4. The van der Waals surface area contributed by atoms with Crippen molar-refractivity contribution in [2.75, 3.05) is 0 Å². The predicted molar refractivity (Wildman–Crippen MR) is 292 cm³/mol. The lowest BCUT2D eigenvalue weighted by Gasteiger charge is -2.31. The van der Waals surface area contributed by atoms with Crippen LogP contribution in [0.4, 0.5) is 0 Å². The standard InChI is InChI=1S/C55H95N9O14/c1-13-14-15-16-17-18-19-20-36(65)28-45(67)57-38(23-30(2)3)49(71)61-42(29-46(68)69)53(75)64-47-35(12)78-55(77)43(27-34(10)11)63-52(74)40(25-32(6)7)59-48(70)37(21-22-44(56)66)58-50(72)39(24-31(4)5)60-51(73)41(26-33(8)9)62-54(47)76/h18-19,30-43,47,65H,13-17,20-29H2,1-12H3,(H2,56,66)(H,57,67)(H,58,72)(H,59,70)(H,60,73)(H,61,71)(H,62,76)(H,63,74)(H,64,75)(H,68,69)/b19-18+. The van der Waals surface area contributed by atoms with E-state index in [1.54, 1.807) is 75.3 Å². The Morgan fingerprint density at radius 1 is 0.603 bits per heavy atom. The van der Waals surface area contributed by atoms with E-state index in [1.165, 1.54) is 6.92 Å². The third-order valence-electron chi connectivity index (χ3n) is 12.6. The molecule has 0 spiro atoms. The Kier molecular flexibility index (Phi) is 32.4. The summed E-state index contributed by atoms with van der Waals surface area (Å²) in [4.78, 5) is 151. The summed E-state index contributed by atoms with van der Waals surface area (Å²) in [6, 6.07) is -12.0. The number of carboxylic acids is 1. The number of ether oxygens (including phenoxy) is 1. The monoisotopic (exact) mass is 1110 g/mol. The molecular formula is C55H95N9O14. The molecule has 78 heavy (non-hydrogen) atoms. The Bertz CT molecular complexity index is 2030. The molecular weight excluding hydrogens is 1010 g/mol. The van der Waals surface area contributed by atoms with E-state index in [1.807, 2.05) is 6.08 Å². The number of carbonyl (C=O) groups excluding carboxylic acids is 10. The van der Waals surface area contributed by atoms with E-state index >= 15 is 0 Å². The summed E-state index contributed by atoms with van der Waals surface area (Å²) in [6.45, 7) is 21.0. The first-order valence-corrected chi connectivity index (χ1v) is 27.9. The van der Waals surface area contributed by atoms with Crippen LogP contribution in [0, 0.1) is 29.6 Å². The molecule has 0 bridgehead atoms. The number of unbranched alkanes of at least 4 members (excludes halogenated alkanes) is 4. The molecule has 1 saturated heterocycles. The molecule has 23 heteroatoms. The first kappa shape index (κ1) is 69.9. The van der Waals surface area contributed by atoms with Gasteiger partial charge in [-0.3, -0.25) is 47.9 Å². The third-order valence-corrected chi connectivity index (χ3v) is 12.6. The molecule has 1 heterocycles. The maximum absolute atomic E-state index is 14.7. The van der Waals surface area contributed by atoms with Gasteiger partial charge in [0.15, 0.2) is 0 Å². The molecule has 0 saturated carbocycles. The molecule has 9 amide bonds. The summed E-state index contributed by atoms with van der Waals surface area (Å²) < 4.78 is 5.85. The quantitative estimate of drug-likeness (QED) is 0.0291. The molecule has 444 valence electrons. The van der Waals surface area contributed by atoms with Crippen molar-refractivity contribution < 1.29 is 67.7 Å². The lowest BCUT2D eigenvalue weighted by Crippen LogP contribution is -2.62. The van der Waals surface area contributed by atoms with Crippen LogP contribution in [0.2, 0.25) is 0 Å². The van der Waals surface area contributed by atoms with Gasteiger partial charge in [-0.05, 0) is 94.3 Å². The number of rotatable bonds is 29. The molecule has 1 fully saturated rings. The highest BCUT2D eigenvalue weighted by atomic mass is 16.5. The van der Waals surface area contributed by atoms with Crippen molar-refractivity contribution in [3.8, 4) is 0 Å². The number of hydrogen-bond acceptors (Lipinski definition) is 13. The van der Waals surface area contributed by atoms with Crippen LogP contribution >= 0.6 is 0 Å². The van der Waals surface area contributed by atoms with Crippen molar-refractivity contribution in [2.45, 2.75) is 240 Å². The number of hydrogen-bond donors (Lipinski definition) is 11. The minimum absolute atomic E-state index is 0.0238. The van der Waals surface area contributed by atoms with Gasteiger partial charge in [-0.25, -0.2) is 4.79 Å². The molecule has 23 nitrogen and oxygen atoms in total. The molecule has 1 aliphatic rings. The maximum atomic E-state index is 14.7. The van der Waals surface area contributed by atoms with Crippen LogP contribution in [-0.4, -0.2) is 136 Å². The number of primary amides is 1. The van der Waals surface area contributed by atoms with Gasteiger partial charge in [-0.1, -0.05) is 108 Å². The summed E-state index contributed by atoms with van der Waals surface area (Å²) in [7, 11) is 0. The predicted octanol–water partition coefficient (Wildman–Crippen LogP) is 2.45. The zero-order valence-corrected chi connectivity index (χ0v) is 48.3. The van der Waals surface area contributed by atoms with E-state index in [9.17, 15) is 63.0 Å². The van der Waals surface area contributed by atoms with E-state index in [-0.39, 0.29) is 87.4 Å². The number of nitrogens with two attached hydrogens (primary N) is 1. The number of cyclic esters (lactones) is 1. The van der Waals surface area contributed by atoms with Crippen molar-refractivity contribution in [1.82, 2.24) is 42.5 Å². The van der Waals surface area contributed by atoms with Gasteiger partial charge in [0.2, 0.25) is 53.2 Å². The fourth-order valence-electron chi connectivity index (χ4n) is 8.65. The highest BCUT2D eigenvalue weighted by Crippen LogP contribution is 2.16. The molecule has 10 unspecified atom stereocenters. The van der Waals surface area contributed by atoms with Crippen molar-refractivity contribution >= 4 is 65.1 Å². The lowest BCUT2D eigenvalue weighted by molar-refractivity contribution is -0.156. The molecule has 10 atom stereocenters. The number of carboxylic acid groups (broad SMARTS) is 1. The largest absolute Gasteiger partial charge is 0.481 e. The number of carbonyl (C=O) groups is 11. The van der Waals surface area contributed by atoms with Crippen LogP contribution in [0.1, 0.15) is 179 Å². The average Bonchev–Trinajstić information content (AvgIpc) is 3.31. The molecule has 0 aromatic rings. The van der Waals surface area contributed by atoms with Gasteiger partial charge < -0.3 is 63.2 Å². The normalized spacial score (nSPS) is 22.5. The number of esters is 1. The molecule has 0 radical (unpaired) electrons. The Hall–Kier alpha value is -6.13. The Labute approximate surface area is 461 Å². The van der Waals surface area contributed by atoms with Crippen molar-refractivity contribution in [3.63, 3.8) is 0 Å². The second kappa shape index (κ2) is 36.1. The van der Waals surface area contributed by atoms with E-state index in [2.05, 4.69) is 49.5 Å². The van der Waals surface area contributed by atoms with Crippen LogP contribution in [0.15, 0.2) is 12.2 Å². The average molecular weight is 1110 g/mol. The third kappa shape index (κ3) is 28.5. The summed E-state index contributed by atoms with van der Waals surface area (Å²) in [6.07, 6.45) is 4.41. The number of amides is 9. The van der Waals surface area contributed by atoms with Gasteiger partial charge >= 0.3 is 11.9 Å². The zero-order valence-electron chi connectivity index (χ0n) is 48.3. The van der Waals surface area contributed by atoms with Crippen LogP contribution in [-0.2, 0) is 57.5 Å². The van der Waals surface area contributed by atoms with Crippen LogP contribution in [0.3, 0.4) is 0 Å². The zero-order chi connectivity index (χ0) is 59.4. The molecule has 12 N–H and O–H groups in total. The second-order valence-corrected chi connectivity index (χ2v) is 22.8. The van der Waals surface area contributed by atoms with Crippen LogP contribution < -0.4 is 48.3 Å². The molecule has 0 aliphatic carbocycles.